The van der Waals surface area contributed by atoms with E-state index in [0.29, 0.717) is 12.8 Å². The summed E-state index contributed by atoms with van der Waals surface area (Å²) < 4.78 is 5.64. The number of carbonyl (C=O) groups excluding carboxylic acids is 2. The Morgan fingerprint density at radius 2 is 1.61 bits per heavy atom. The van der Waals surface area contributed by atoms with E-state index in [-0.39, 0.29) is 36.9 Å². The van der Waals surface area contributed by atoms with E-state index in [1.54, 1.807) is 0 Å². The van der Waals surface area contributed by atoms with Crippen LogP contribution in [0.1, 0.15) is 42.7 Å². The third-order valence-electron chi connectivity index (χ3n) is 6.40. The molecule has 172 valence electrons. The first-order valence-corrected chi connectivity index (χ1v) is 11.3. The van der Waals surface area contributed by atoms with E-state index in [2.05, 4.69) is 34.9 Å². The summed E-state index contributed by atoms with van der Waals surface area (Å²) in [5.74, 6) is -1.63. The van der Waals surface area contributed by atoms with Crippen LogP contribution in [0.2, 0.25) is 0 Å². The molecule has 0 aliphatic heterocycles. The van der Waals surface area contributed by atoms with Crippen LogP contribution in [0.25, 0.3) is 11.1 Å². The Balaban J connectivity index is 1.35. The first kappa shape index (κ1) is 22.6. The maximum Gasteiger partial charge on any atom is 0.407 e. The Kier molecular flexibility index (Phi) is 7.07. The van der Waals surface area contributed by atoms with Gasteiger partial charge in [-0.15, -0.1) is 0 Å². The molecule has 7 nitrogen and oxygen atoms in total. The number of fused-ring (bicyclic) bond motifs is 3. The Hall–Kier alpha value is -3.61. The van der Waals surface area contributed by atoms with Crippen molar-refractivity contribution in [2.75, 3.05) is 13.2 Å². The average molecular weight is 449 g/mol. The number of benzene rings is 2. The third kappa shape index (κ3) is 5.25. The van der Waals surface area contributed by atoms with E-state index in [0.717, 1.165) is 30.0 Å². The fourth-order valence-electron chi connectivity index (χ4n) is 4.86. The Bertz CT molecular complexity index is 1020. The lowest BCUT2D eigenvalue weighted by Crippen LogP contribution is -2.48. The SMILES string of the molecule is O=C(O)/C=C/CNC(=O)[C@@H]1CCCC[C@@H]1NC(=O)OCC1c2ccccc2-c2ccccc21. The van der Waals surface area contributed by atoms with Gasteiger partial charge in [-0.25, -0.2) is 9.59 Å². The summed E-state index contributed by atoms with van der Waals surface area (Å²) in [7, 11) is 0. The zero-order chi connectivity index (χ0) is 23.2. The van der Waals surface area contributed by atoms with Gasteiger partial charge in [-0.05, 0) is 35.1 Å². The number of carboxylic acids is 1. The molecule has 2 atom stereocenters. The van der Waals surface area contributed by atoms with Crippen molar-refractivity contribution in [3.8, 4) is 11.1 Å². The molecule has 7 heteroatoms. The highest BCUT2D eigenvalue weighted by Gasteiger charge is 2.33. The van der Waals surface area contributed by atoms with Gasteiger partial charge in [-0.1, -0.05) is 67.4 Å². The maximum absolute atomic E-state index is 12.7. The zero-order valence-corrected chi connectivity index (χ0v) is 18.3. The highest BCUT2D eigenvalue weighted by Crippen LogP contribution is 2.44. The maximum atomic E-state index is 12.7. The molecule has 0 radical (unpaired) electrons. The molecule has 0 aromatic heterocycles. The topological polar surface area (TPSA) is 105 Å². The lowest BCUT2D eigenvalue weighted by Gasteiger charge is -2.31. The normalized spacial score (nSPS) is 19.5. The van der Waals surface area contributed by atoms with Gasteiger partial charge in [-0.2, -0.15) is 0 Å². The standard InChI is InChI=1S/C26H28N2O5/c29-24(30)14-7-15-27-25(31)21-12-5-6-13-23(21)28-26(32)33-16-22-19-10-3-1-8-17(19)18-9-2-4-11-20(18)22/h1-4,7-11,14,21-23H,5-6,12-13,15-16H2,(H,27,31)(H,28,32)(H,29,30)/b14-7+/t21-,23+/m1/s1. The lowest BCUT2D eigenvalue weighted by molar-refractivity contribution is -0.131. The van der Waals surface area contributed by atoms with Gasteiger partial charge in [0, 0.05) is 24.6 Å². The predicted octanol–water partition coefficient (Wildman–Crippen LogP) is 3.84. The predicted molar refractivity (Wildman–Crippen MR) is 124 cm³/mol. The van der Waals surface area contributed by atoms with Crippen LogP contribution in [-0.4, -0.2) is 42.3 Å². The van der Waals surface area contributed by atoms with Crippen LogP contribution in [0.4, 0.5) is 4.79 Å². The highest BCUT2D eigenvalue weighted by molar-refractivity contribution is 5.82. The van der Waals surface area contributed by atoms with Gasteiger partial charge in [0.1, 0.15) is 6.61 Å². The third-order valence-corrected chi connectivity index (χ3v) is 6.40. The minimum atomic E-state index is -1.06. The molecular formula is C26H28N2O5. The fraction of sp³-hybridized carbons (Fsp3) is 0.346. The number of hydrogen-bond acceptors (Lipinski definition) is 4. The molecule has 33 heavy (non-hydrogen) atoms. The molecule has 0 bridgehead atoms. The van der Waals surface area contributed by atoms with Crippen molar-refractivity contribution in [2.24, 2.45) is 5.92 Å². The number of nitrogens with one attached hydrogen (secondary N) is 2. The van der Waals surface area contributed by atoms with Crippen LogP contribution >= 0.6 is 0 Å². The average Bonchev–Trinajstić information content (AvgIpc) is 3.14. The summed E-state index contributed by atoms with van der Waals surface area (Å²) in [6.07, 6.45) is 5.07. The van der Waals surface area contributed by atoms with Gasteiger partial charge in [0.15, 0.2) is 0 Å². The van der Waals surface area contributed by atoms with Crippen molar-refractivity contribution >= 4 is 18.0 Å². The summed E-state index contributed by atoms with van der Waals surface area (Å²) in [6.45, 7) is 0.364. The van der Waals surface area contributed by atoms with Gasteiger partial charge in [0.25, 0.3) is 0 Å². The fourth-order valence-corrected chi connectivity index (χ4v) is 4.86. The van der Waals surface area contributed by atoms with Gasteiger partial charge in [-0.3, -0.25) is 4.79 Å². The van der Waals surface area contributed by atoms with Gasteiger partial charge in [0.05, 0.1) is 5.92 Å². The number of hydrogen-bond donors (Lipinski definition) is 3. The van der Waals surface area contributed by atoms with E-state index in [9.17, 15) is 14.4 Å². The molecule has 0 unspecified atom stereocenters. The molecule has 2 aromatic rings. The van der Waals surface area contributed by atoms with Gasteiger partial charge >= 0.3 is 12.1 Å². The summed E-state index contributed by atoms with van der Waals surface area (Å²) in [5.41, 5.74) is 4.64. The summed E-state index contributed by atoms with van der Waals surface area (Å²) >= 11 is 0. The summed E-state index contributed by atoms with van der Waals surface area (Å²) in [4.78, 5) is 35.8. The molecule has 3 N–H and O–H groups in total. The van der Waals surface area contributed by atoms with Crippen LogP contribution < -0.4 is 10.6 Å². The molecule has 1 saturated carbocycles. The minimum absolute atomic E-state index is 0.0189. The first-order chi connectivity index (χ1) is 16.0. The van der Waals surface area contributed by atoms with Crippen LogP contribution in [0, 0.1) is 5.92 Å². The summed E-state index contributed by atoms with van der Waals surface area (Å²) in [5, 5.41) is 14.3. The van der Waals surface area contributed by atoms with Gasteiger partial charge < -0.3 is 20.5 Å². The second-order valence-corrected chi connectivity index (χ2v) is 8.45. The van der Waals surface area contributed by atoms with Crippen LogP contribution in [-0.2, 0) is 14.3 Å². The quantitative estimate of drug-likeness (QED) is 0.558. The van der Waals surface area contributed by atoms with E-state index in [4.69, 9.17) is 9.84 Å². The molecular weight excluding hydrogens is 420 g/mol. The van der Waals surface area contributed by atoms with Crippen molar-refractivity contribution in [3.63, 3.8) is 0 Å². The lowest BCUT2D eigenvalue weighted by atomic mass is 9.84. The van der Waals surface area contributed by atoms with E-state index in [1.807, 2.05) is 24.3 Å². The summed E-state index contributed by atoms with van der Waals surface area (Å²) in [6, 6.07) is 16.0. The van der Waals surface area contributed by atoms with Crippen LogP contribution in [0.15, 0.2) is 60.7 Å². The minimum Gasteiger partial charge on any atom is -0.478 e. The van der Waals surface area contributed by atoms with Crippen molar-refractivity contribution in [1.29, 1.82) is 0 Å². The number of rotatable bonds is 7. The number of carbonyl (C=O) groups is 3. The molecule has 2 aliphatic carbocycles. The van der Waals surface area contributed by atoms with Gasteiger partial charge in [0.2, 0.25) is 5.91 Å². The smallest absolute Gasteiger partial charge is 0.407 e. The Morgan fingerprint density at radius 3 is 2.27 bits per heavy atom. The number of amides is 2. The van der Waals surface area contributed by atoms with Crippen molar-refractivity contribution in [1.82, 2.24) is 10.6 Å². The molecule has 2 amide bonds. The molecule has 2 aliphatic rings. The van der Waals surface area contributed by atoms with Crippen molar-refractivity contribution < 1.29 is 24.2 Å². The Morgan fingerprint density at radius 1 is 0.970 bits per heavy atom. The monoisotopic (exact) mass is 448 g/mol. The second kappa shape index (κ2) is 10.3. The van der Waals surface area contributed by atoms with Crippen molar-refractivity contribution in [3.05, 3.63) is 71.8 Å². The van der Waals surface area contributed by atoms with E-state index < -0.39 is 12.1 Å². The zero-order valence-electron chi connectivity index (χ0n) is 18.3. The largest absolute Gasteiger partial charge is 0.478 e. The number of aliphatic carboxylic acids is 1. The first-order valence-electron chi connectivity index (χ1n) is 11.3. The molecule has 2 aromatic carbocycles. The molecule has 1 fully saturated rings. The molecule has 0 saturated heterocycles. The highest BCUT2D eigenvalue weighted by atomic mass is 16.5. The van der Waals surface area contributed by atoms with E-state index >= 15 is 0 Å². The molecule has 0 spiro atoms. The molecule has 0 heterocycles. The van der Waals surface area contributed by atoms with Crippen molar-refractivity contribution in [2.45, 2.75) is 37.6 Å². The number of carboxylic acid groups (broad SMARTS) is 1. The van der Waals surface area contributed by atoms with Crippen LogP contribution in [0.3, 0.4) is 0 Å². The van der Waals surface area contributed by atoms with E-state index in [1.165, 1.54) is 17.2 Å². The number of alkyl carbamates (subject to hydrolysis) is 1. The Labute approximate surface area is 192 Å². The molecule has 4 rings (SSSR count). The number of ether oxygens (including phenoxy) is 1. The van der Waals surface area contributed by atoms with Crippen LogP contribution in [0.5, 0.6) is 0 Å². The second-order valence-electron chi connectivity index (χ2n) is 8.45.